The number of aryl methyl sites for hydroxylation is 1. The SMILES string of the molecule is Cc1cc(N2CC[C@H](Oc3ccc(C(C)(C)O)cn3)C2)ccc1C#N. The zero-order chi connectivity index (χ0) is 18.0. The Morgan fingerprint density at radius 1 is 1.32 bits per heavy atom. The summed E-state index contributed by atoms with van der Waals surface area (Å²) in [5, 5.41) is 19.0. The molecule has 0 unspecified atom stereocenters. The molecule has 1 saturated heterocycles. The van der Waals surface area contributed by atoms with Crippen LogP contribution in [0.2, 0.25) is 0 Å². The van der Waals surface area contributed by atoms with E-state index in [0.29, 0.717) is 11.4 Å². The molecule has 1 N–H and O–H groups in total. The summed E-state index contributed by atoms with van der Waals surface area (Å²) in [4.78, 5) is 6.57. The van der Waals surface area contributed by atoms with Gasteiger partial charge >= 0.3 is 0 Å². The van der Waals surface area contributed by atoms with E-state index in [-0.39, 0.29) is 6.10 Å². The quantitative estimate of drug-likeness (QED) is 0.928. The fraction of sp³-hybridized carbons (Fsp3) is 0.400. The predicted molar refractivity (Wildman–Crippen MR) is 96.6 cm³/mol. The minimum atomic E-state index is -0.900. The largest absolute Gasteiger partial charge is 0.472 e. The summed E-state index contributed by atoms with van der Waals surface area (Å²) in [6.07, 6.45) is 2.66. The molecule has 1 aromatic heterocycles. The van der Waals surface area contributed by atoms with Crippen molar-refractivity contribution >= 4 is 5.69 Å². The highest BCUT2D eigenvalue weighted by atomic mass is 16.5. The number of benzene rings is 1. The number of aromatic nitrogens is 1. The summed E-state index contributed by atoms with van der Waals surface area (Å²) in [6.45, 7) is 7.14. The average Bonchev–Trinajstić information content (AvgIpc) is 3.03. The molecule has 1 aliphatic rings. The highest BCUT2D eigenvalue weighted by molar-refractivity contribution is 5.54. The van der Waals surface area contributed by atoms with Crippen LogP contribution < -0.4 is 9.64 Å². The van der Waals surface area contributed by atoms with Crippen molar-refractivity contribution in [1.29, 1.82) is 5.26 Å². The fourth-order valence-electron chi connectivity index (χ4n) is 3.01. The first-order valence-electron chi connectivity index (χ1n) is 8.48. The Labute approximate surface area is 148 Å². The topological polar surface area (TPSA) is 69.4 Å². The molecule has 1 aliphatic heterocycles. The van der Waals surface area contributed by atoms with E-state index in [9.17, 15) is 5.11 Å². The molecule has 5 heteroatoms. The molecule has 130 valence electrons. The van der Waals surface area contributed by atoms with Crippen LogP contribution in [0.15, 0.2) is 36.5 Å². The van der Waals surface area contributed by atoms with E-state index >= 15 is 0 Å². The third-order valence-corrected chi connectivity index (χ3v) is 4.57. The average molecular weight is 337 g/mol. The summed E-state index contributed by atoms with van der Waals surface area (Å²) < 4.78 is 5.98. The number of nitrogens with zero attached hydrogens (tertiary/aromatic N) is 3. The Morgan fingerprint density at radius 3 is 2.72 bits per heavy atom. The van der Waals surface area contributed by atoms with Crippen LogP contribution in [-0.4, -0.2) is 29.3 Å². The van der Waals surface area contributed by atoms with Crippen LogP contribution in [0, 0.1) is 18.3 Å². The van der Waals surface area contributed by atoms with E-state index in [2.05, 4.69) is 22.0 Å². The first kappa shape index (κ1) is 17.2. The van der Waals surface area contributed by atoms with Crippen LogP contribution >= 0.6 is 0 Å². The Kier molecular flexibility index (Phi) is 4.65. The third-order valence-electron chi connectivity index (χ3n) is 4.57. The van der Waals surface area contributed by atoms with Crippen molar-refractivity contribution in [2.45, 2.75) is 38.9 Å². The summed E-state index contributed by atoms with van der Waals surface area (Å²) in [5.41, 5.74) is 2.69. The number of anilines is 1. The van der Waals surface area contributed by atoms with Crippen LogP contribution in [-0.2, 0) is 5.60 Å². The maximum atomic E-state index is 9.98. The van der Waals surface area contributed by atoms with Crippen LogP contribution in [0.25, 0.3) is 0 Å². The Balaban J connectivity index is 1.63. The van der Waals surface area contributed by atoms with E-state index in [0.717, 1.165) is 36.3 Å². The molecular weight excluding hydrogens is 314 g/mol. The number of aliphatic hydroxyl groups is 1. The van der Waals surface area contributed by atoms with Gasteiger partial charge in [-0.2, -0.15) is 5.26 Å². The first-order chi connectivity index (χ1) is 11.9. The van der Waals surface area contributed by atoms with Gasteiger partial charge in [0.1, 0.15) is 6.10 Å². The van der Waals surface area contributed by atoms with Gasteiger partial charge in [-0.3, -0.25) is 0 Å². The molecule has 1 fully saturated rings. The maximum Gasteiger partial charge on any atom is 0.213 e. The molecule has 0 radical (unpaired) electrons. The van der Waals surface area contributed by atoms with E-state index in [4.69, 9.17) is 10.00 Å². The molecule has 2 aromatic rings. The zero-order valence-electron chi connectivity index (χ0n) is 14.9. The monoisotopic (exact) mass is 337 g/mol. The Bertz CT molecular complexity index is 788. The lowest BCUT2D eigenvalue weighted by Crippen LogP contribution is -2.25. The third kappa shape index (κ3) is 3.92. The van der Waals surface area contributed by atoms with Gasteiger partial charge in [-0.1, -0.05) is 0 Å². The van der Waals surface area contributed by atoms with Crippen LogP contribution in [0.4, 0.5) is 5.69 Å². The molecule has 0 aliphatic carbocycles. The Hall–Kier alpha value is -2.58. The van der Waals surface area contributed by atoms with Crippen molar-refractivity contribution in [2.24, 2.45) is 0 Å². The molecule has 25 heavy (non-hydrogen) atoms. The lowest BCUT2D eigenvalue weighted by molar-refractivity contribution is 0.0780. The van der Waals surface area contributed by atoms with Crippen molar-refractivity contribution in [3.05, 3.63) is 53.2 Å². The summed E-state index contributed by atoms with van der Waals surface area (Å²) in [5.74, 6) is 0.579. The fourth-order valence-corrected chi connectivity index (χ4v) is 3.01. The van der Waals surface area contributed by atoms with Gasteiger partial charge in [-0.25, -0.2) is 4.98 Å². The summed E-state index contributed by atoms with van der Waals surface area (Å²) in [6, 6.07) is 11.8. The highest BCUT2D eigenvalue weighted by Crippen LogP contribution is 2.26. The summed E-state index contributed by atoms with van der Waals surface area (Å²) >= 11 is 0. The molecule has 0 amide bonds. The lowest BCUT2D eigenvalue weighted by Gasteiger charge is -2.20. The molecular formula is C20H23N3O2. The normalized spacial score (nSPS) is 17.4. The summed E-state index contributed by atoms with van der Waals surface area (Å²) in [7, 11) is 0. The minimum Gasteiger partial charge on any atom is -0.472 e. The van der Waals surface area contributed by atoms with E-state index < -0.39 is 5.60 Å². The number of ether oxygens (including phenoxy) is 1. The highest BCUT2D eigenvalue weighted by Gasteiger charge is 2.25. The molecule has 1 aromatic carbocycles. The second-order valence-corrected chi connectivity index (χ2v) is 7.03. The van der Waals surface area contributed by atoms with Crippen molar-refractivity contribution in [3.8, 4) is 11.9 Å². The standard InChI is InChI=1S/C20H23N3O2/c1-14-10-17(6-4-15(14)11-21)23-9-8-18(13-23)25-19-7-5-16(12-22-19)20(2,3)24/h4-7,10,12,18,24H,8-9,13H2,1-3H3/t18-/m0/s1. The van der Waals surface area contributed by atoms with Crippen LogP contribution in [0.5, 0.6) is 5.88 Å². The first-order valence-corrected chi connectivity index (χ1v) is 8.48. The number of pyridine rings is 1. The molecule has 3 rings (SSSR count). The molecule has 0 bridgehead atoms. The smallest absolute Gasteiger partial charge is 0.213 e. The Morgan fingerprint density at radius 2 is 2.12 bits per heavy atom. The van der Waals surface area contributed by atoms with Crippen molar-refractivity contribution < 1.29 is 9.84 Å². The maximum absolute atomic E-state index is 9.98. The van der Waals surface area contributed by atoms with Gasteiger partial charge in [0.25, 0.3) is 0 Å². The van der Waals surface area contributed by atoms with Gasteiger partial charge in [-0.05, 0) is 50.6 Å². The molecule has 2 heterocycles. The molecule has 5 nitrogen and oxygen atoms in total. The second kappa shape index (κ2) is 6.73. The van der Waals surface area contributed by atoms with Crippen LogP contribution in [0.1, 0.15) is 37.0 Å². The predicted octanol–water partition coefficient (Wildman–Crippen LogP) is 3.15. The van der Waals surface area contributed by atoms with Crippen molar-refractivity contribution in [2.75, 3.05) is 18.0 Å². The van der Waals surface area contributed by atoms with Gasteiger partial charge < -0.3 is 14.7 Å². The number of nitriles is 1. The van der Waals surface area contributed by atoms with Gasteiger partial charge in [0, 0.05) is 36.5 Å². The number of hydrogen-bond donors (Lipinski definition) is 1. The van der Waals surface area contributed by atoms with E-state index in [1.54, 1.807) is 20.0 Å². The number of rotatable bonds is 4. The molecule has 1 atom stereocenters. The molecule has 0 spiro atoms. The number of hydrogen-bond acceptors (Lipinski definition) is 5. The van der Waals surface area contributed by atoms with E-state index in [1.165, 1.54) is 0 Å². The minimum absolute atomic E-state index is 0.0800. The van der Waals surface area contributed by atoms with Gasteiger partial charge in [0.05, 0.1) is 23.8 Å². The van der Waals surface area contributed by atoms with Crippen LogP contribution in [0.3, 0.4) is 0 Å². The zero-order valence-corrected chi connectivity index (χ0v) is 14.9. The van der Waals surface area contributed by atoms with Gasteiger partial charge in [0.2, 0.25) is 5.88 Å². The van der Waals surface area contributed by atoms with Crippen molar-refractivity contribution in [1.82, 2.24) is 4.98 Å². The van der Waals surface area contributed by atoms with Gasteiger partial charge in [0.15, 0.2) is 0 Å². The van der Waals surface area contributed by atoms with E-state index in [1.807, 2.05) is 31.2 Å². The lowest BCUT2D eigenvalue weighted by atomic mass is 10.0. The second-order valence-electron chi connectivity index (χ2n) is 7.03. The van der Waals surface area contributed by atoms with Gasteiger partial charge in [-0.15, -0.1) is 0 Å². The van der Waals surface area contributed by atoms with Crippen molar-refractivity contribution in [3.63, 3.8) is 0 Å². The molecule has 0 saturated carbocycles.